The van der Waals surface area contributed by atoms with Crippen LogP contribution in [0.15, 0.2) is 76.3 Å². The van der Waals surface area contributed by atoms with Crippen molar-refractivity contribution in [3.8, 4) is 22.6 Å². The first-order valence-electron chi connectivity index (χ1n) is 9.68. The number of rotatable bonds is 4. The summed E-state index contributed by atoms with van der Waals surface area (Å²) in [5.74, 6) is 1.56. The molecule has 0 spiro atoms. The fourth-order valence-electron chi connectivity index (χ4n) is 3.53. The van der Waals surface area contributed by atoms with Crippen LogP contribution in [0.4, 0.5) is 5.95 Å². The molecule has 5 rings (SSSR count). The molecule has 1 amide bonds. The molecule has 30 heavy (non-hydrogen) atoms. The monoisotopic (exact) mass is 401 g/mol. The van der Waals surface area contributed by atoms with Gasteiger partial charge >= 0.3 is 0 Å². The standard InChI is InChI=1S/C22H19N5O3/c28-21(19-4-2-14-30-19)26-9-11-27(12-10-26)22-24-15-17(16-5-7-23-8-6-16)20(25-22)18-3-1-13-29-18/h1-8,13-15H,9-12H2. The van der Waals surface area contributed by atoms with Gasteiger partial charge in [-0.25, -0.2) is 9.97 Å². The van der Waals surface area contributed by atoms with E-state index in [-0.39, 0.29) is 5.91 Å². The van der Waals surface area contributed by atoms with Gasteiger partial charge in [-0.15, -0.1) is 0 Å². The molecule has 1 aliphatic rings. The number of furan rings is 2. The molecule has 5 heterocycles. The van der Waals surface area contributed by atoms with Gasteiger partial charge in [0, 0.05) is 50.3 Å². The van der Waals surface area contributed by atoms with E-state index in [9.17, 15) is 4.79 Å². The van der Waals surface area contributed by atoms with Crippen molar-refractivity contribution in [3.63, 3.8) is 0 Å². The molecule has 1 saturated heterocycles. The quantitative estimate of drug-likeness (QED) is 0.518. The van der Waals surface area contributed by atoms with Crippen molar-refractivity contribution >= 4 is 11.9 Å². The number of nitrogens with zero attached hydrogens (tertiary/aromatic N) is 5. The van der Waals surface area contributed by atoms with Gasteiger partial charge < -0.3 is 18.6 Å². The van der Waals surface area contributed by atoms with Crippen LogP contribution in [0.25, 0.3) is 22.6 Å². The summed E-state index contributed by atoms with van der Waals surface area (Å²) < 4.78 is 10.9. The van der Waals surface area contributed by atoms with E-state index < -0.39 is 0 Å². The van der Waals surface area contributed by atoms with Crippen molar-refractivity contribution in [1.82, 2.24) is 19.9 Å². The first-order chi connectivity index (χ1) is 14.8. The molecule has 0 unspecified atom stereocenters. The van der Waals surface area contributed by atoms with E-state index in [0.29, 0.717) is 43.6 Å². The molecule has 0 bridgehead atoms. The van der Waals surface area contributed by atoms with E-state index in [1.54, 1.807) is 35.7 Å². The molecule has 0 radical (unpaired) electrons. The van der Waals surface area contributed by atoms with E-state index in [4.69, 9.17) is 13.8 Å². The summed E-state index contributed by atoms with van der Waals surface area (Å²) in [5, 5.41) is 0. The maximum Gasteiger partial charge on any atom is 0.289 e. The average molecular weight is 401 g/mol. The van der Waals surface area contributed by atoms with Crippen molar-refractivity contribution in [2.24, 2.45) is 0 Å². The molecular formula is C22H19N5O3. The Morgan fingerprint density at radius 3 is 2.40 bits per heavy atom. The molecule has 1 aliphatic heterocycles. The van der Waals surface area contributed by atoms with Crippen LogP contribution in [0.2, 0.25) is 0 Å². The molecule has 4 aromatic heterocycles. The third-order valence-corrected chi connectivity index (χ3v) is 5.10. The van der Waals surface area contributed by atoms with Crippen LogP contribution in [0.1, 0.15) is 10.6 Å². The molecule has 0 aliphatic carbocycles. The molecule has 0 saturated carbocycles. The maximum atomic E-state index is 12.5. The predicted molar refractivity (Wildman–Crippen MR) is 110 cm³/mol. The minimum Gasteiger partial charge on any atom is -0.463 e. The Morgan fingerprint density at radius 2 is 1.70 bits per heavy atom. The summed E-state index contributed by atoms with van der Waals surface area (Å²) in [6, 6.07) is 11.0. The first-order valence-corrected chi connectivity index (χ1v) is 9.68. The summed E-state index contributed by atoms with van der Waals surface area (Å²) >= 11 is 0. The zero-order valence-corrected chi connectivity index (χ0v) is 16.1. The summed E-state index contributed by atoms with van der Waals surface area (Å²) in [6.45, 7) is 2.42. The Balaban J connectivity index is 1.39. The summed E-state index contributed by atoms with van der Waals surface area (Å²) in [7, 11) is 0. The van der Waals surface area contributed by atoms with Crippen LogP contribution in [0, 0.1) is 0 Å². The lowest BCUT2D eigenvalue weighted by molar-refractivity contribution is 0.0714. The lowest BCUT2D eigenvalue weighted by Crippen LogP contribution is -2.49. The molecule has 4 aromatic rings. The van der Waals surface area contributed by atoms with Gasteiger partial charge in [-0.3, -0.25) is 9.78 Å². The van der Waals surface area contributed by atoms with Gasteiger partial charge in [-0.05, 0) is 42.0 Å². The molecule has 8 heteroatoms. The second-order valence-electron chi connectivity index (χ2n) is 6.90. The van der Waals surface area contributed by atoms with Gasteiger partial charge in [0.15, 0.2) is 11.5 Å². The van der Waals surface area contributed by atoms with Crippen LogP contribution < -0.4 is 4.90 Å². The number of piperazine rings is 1. The summed E-state index contributed by atoms with van der Waals surface area (Å²) in [6.07, 6.45) is 8.44. The summed E-state index contributed by atoms with van der Waals surface area (Å²) in [5.41, 5.74) is 2.57. The van der Waals surface area contributed by atoms with Crippen LogP contribution in [-0.2, 0) is 0 Å². The molecule has 8 nitrogen and oxygen atoms in total. The van der Waals surface area contributed by atoms with Crippen LogP contribution >= 0.6 is 0 Å². The number of amides is 1. The smallest absolute Gasteiger partial charge is 0.289 e. The van der Waals surface area contributed by atoms with E-state index >= 15 is 0 Å². The van der Waals surface area contributed by atoms with Gasteiger partial charge in [0.2, 0.25) is 5.95 Å². The van der Waals surface area contributed by atoms with Crippen LogP contribution in [0.5, 0.6) is 0 Å². The molecule has 0 atom stereocenters. The highest BCUT2D eigenvalue weighted by atomic mass is 16.3. The van der Waals surface area contributed by atoms with Crippen molar-refractivity contribution < 1.29 is 13.6 Å². The van der Waals surface area contributed by atoms with Gasteiger partial charge in [-0.1, -0.05) is 0 Å². The number of hydrogen-bond acceptors (Lipinski definition) is 7. The van der Waals surface area contributed by atoms with E-state index in [1.807, 2.05) is 30.5 Å². The van der Waals surface area contributed by atoms with Crippen molar-refractivity contribution in [2.45, 2.75) is 0 Å². The highest BCUT2D eigenvalue weighted by Crippen LogP contribution is 2.31. The predicted octanol–water partition coefficient (Wildman–Crippen LogP) is 3.35. The Labute approximate surface area is 172 Å². The van der Waals surface area contributed by atoms with Crippen molar-refractivity contribution in [3.05, 3.63) is 73.3 Å². The highest BCUT2D eigenvalue weighted by molar-refractivity contribution is 5.91. The molecule has 0 N–H and O–H groups in total. The third kappa shape index (κ3) is 3.43. The van der Waals surface area contributed by atoms with Gasteiger partial charge in [0.05, 0.1) is 12.5 Å². The fourth-order valence-corrected chi connectivity index (χ4v) is 3.53. The normalized spacial score (nSPS) is 14.1. The number of carbonyl (C=O) groups is 1. The zero-order valence-electron chi connectivity index (χ0n) is 16.1. The van der Waals surface area contributed by atoms with Crippen LogP contribution in [-0.4, -0.2) is 51.9 Å². The Kier molecular flexibility index (Phi) is 4.72. The number of anilines is 1. The molecule has 0 aromatic carbocycles. The molecule has 1 fully saturated rings. The number of aromatic nitrogens is 3. The first kappa shape index (κ1) is 18.1. The SMILES string of the molecule is O=C(c1ccco1)N1CCN(c2ncc(-c3ccncc3)c(-c3ccco3)n2)CC1. The number of hydrogen-bond donors (Lipinski definition) is 0. The van der Waals surface area contributed by atoms with E-state index in [1.165, 1.54) is 6.26 Å². The average Bonchev–Trinajstić information content (AvgIpc) is 3.54. The topological polar surface area (TPSA) is 88.5 Å². The second-order valence-corrected chi connectivity index (χ2v) is 6.90. The lowest BCUT2D eigenvalue weighted by atomic mass is 10.1. The van der Waals surface area contributed by atoms with Crippen molar-refractivity contribution in [1.29, 1.82) is 0 Å². The molecular weight excluding hydrogens is 382 g/mol. The second kappa shape index (κ2) is 7.82. The van der Waals surface area contributed by atoms with Gasteiger partial charge in [0.1, 0.15) is 5.69 Å². The Morgan fingerprint density at radius 1 is 0.933 bits per heavy atom. The van der Waals surface area contributed by atoms with Crippen molar-refractivity contribution in [2.75, 3.05) is 31.1 Å². The zero-order chi connectivity index (χ0) is 20.3. The molecule has 150 valence electrons. The maximum absolute atomic E-state index is 12.5. The minimum absolute atomic E-state index is 0.0927. The number of pyridine rings is 1. The van der Waals surface area contributed by atoms with Gasteiger partial charge in [-0.2, -0.15) is 0 Å². The Hall–Kier alpha value is -3.94. The Bertz CT molecular complexity index is 1120. The van der Waals surface area contributed by atoms with E-state index in [2.05, 4.69) is 14.9 Å². The third-order valence-electron chi connectivity index (χ3n) is 5.10. The minimum atomic E-state index is -0.0927. The van der Waals surface area contributed by atoms with Gasteiger partial charge in [0.25, 0.3) is 5.91 Å². The van der Waals surface area contributed by atoms with E-state index in [0.717, 1.165) is 16.8 Å². The lowest BCUT2D eigenvalue weighted by Gasteiger charge is -2.34. The fraction of sp³-hybridized carbons (Fsp3) is 0.182. The largest absolute Gasteiger partial charge is 0.463 e. The summed E-state index contributed by atoms with van der Waals surface area (Å²) in [4.78, 5) is 29.8. The highest BCUT2D eigenvalue weighted by Gasteiger charge is 2.25. The number of carbonyl (C=O) groups excluding carboxylic acids is 1. The van der Waals surface area contributed by atoms with Crippen LogP contribution in [0.3, 0.4) is 0 Å².